The summed E-state index contributed by atoms with van der Waals surface area (Å²) in [5.41, 5.74) is 0. The van der Waals surface area contributed by atoms with Gasteiger partial charge in [-0.15, -0.1) is 0 Å². The van der Waals surface area contributed by atoms with Crippen LogP contribution in [0.25, 0.3) is 0 Å². The largest absolute Gasteiger partial charge is 0.461 e. The van der Waals surface area contributed by atoms with Crippen molar-refractivity contribution in [3.05, 3.63) is 0 Å². The van der Waals surface area contributed by atoms with Gasteiger partial charge in [0.2, 0.25) is 0 Å². The third-order valence-electron chi connectivity index (χ3n) is 0.537. The van der Waals surface area contributed by atoms with E-state index in [1.807, 2.05) is 0 Å². The zero-order valence-electron chi connectivity index (χ0n) is 5.13. The first kappa shape index (κ1) is 11.5. The molecule has 0 atom stereocenters. The Hall–Kier alpha value is -0.261. The Kier molecular flexibility index (Phi) is 7.51. The maximum atomic E-state index is 10.0. The zero-order valence-corrected chi connectivity index (χ0v) is 7.99. The normalized spacial score (nSPS) is 6.89. The van der Waals surface area contributed by atoms with Crippen molar-refractivity contribution in [3.8, 4) is 0 Å². The first-order valence-electron chi connectivity index (χ1n) is 1.88. The summed E-state index contributed by atoms with van der Waals surface area (Å²) < 4.78 is 7.98. The van der Waals surface area contributed by atoms with Gasteiger partial charge in [0.15, 0.2) is 0 Å². The first-order valence-corrected chi connectivity index (χ1v) is 1.88. The van der Waals surface area contributed by atoms with E-state index in [-0.39, 0.29) is 23.9 Å². The van der Waals surface area contributed by atoms with Crippen LogP contribution in [0, 0.1) is 0 Å². The average molecular weight is 237 g/mol. The second-order valence-corrected chi connectivity index (χ2v) is 0.983. The molecule has 0 spiro atoms. The second-order valence-electron chi connectivity index (χ2n) is 0.983. The van der Waals surface area contributed by atoms with Crippen LogP contribution in [0.15, 0.2) is 0 Å². The molecule has 0 amide bonds. The van der Waals surface area contributed by atoms with Gasteiger partial charge in [-0.2, -0.15) is 0 Å². The summed E-state index contributed by atoms with van der Waals surface area (Å²) in [4.78, 5) is 20.1. The van der Waals surface area contributed by atoms with E-state index in [0.717, 1.165) is 14.2 Å². The molecule has 4 nitrogen and oxygen atoms in total. The molecular weight excluding hydrogens is 231 g/mol. The van der Waals surface area contributed by atoms with Crippen LogP contribution in [0.5, 0.6) is 0 Å². The van der Waals surface area contributed by atoms with E-state index in [0.29, 0.717) is 0 Å². The molecule has 0 fully saturated rings. The Labute approximate surface area is 69.5 Å². The fourth-order valence-electron chi connectivity index (χ4n) is 0.167. The molecule has 0 aromatic rings. The Morgan fingerprint density at radius 2 is 1.22 bits per heavy atom. The number of hydrogen-bond donors (Lipinski definition) is 0. The molecule has 9 heavy (non-hydrogen) atoms. The molecular formula is C4H6O4Sn. The van der Waals surface area contributed by atoms with E-state index in [2.05, 4.69) is 9.47 Å². The van der Waals surface area contributed by atoms with E-state index in [9.17, 15) is 9.59 Å². The van der Waals surface area contributed by atoms with E-state index in [1.54, 1.807) is 0 Å². The topological polar surface area (TPSA) is 52.6 Å². The summed E-state index contributed by atoms with van der Waals surface area (Å²) in [6.07, 6.45) is 0. The van der Waals surface area contributed by atoms with Gasteiger partial charge in [-0.05, 0) is 0 Å². The fraction of sp³-hybridized carbons (Fsp3) is 0.500. The molecule has 0 aliphatic heterocycles. The van der Waals surface area contributed by atoms with E-state index in [1.165, 1.54) is 0 Å². The number of hydrogen-bond acceptors (Lipinski definition) is 4. The van der Waals surface area contributed by atoms with Gasteiger partial charge in [0.25, 0.3) is 0 Å². The molecule has 0 aromatic carbocycles. The van der Waals surface area contributed by atoms with Crippen molar-refractivity contribution in [3.63, 3.8) is 0 Å². The Balaban J connectivity index is 0. The van der Waals surface area contributed by atoms with E-state index in [4.69, 9.17) is 0 Å². The quantitative estimate of drug-likeness (QED) is 0.306. The monoisotopic (exact) mass is 238 g/mol. The van der Waals surface area contributed by atoms with Crippen molar-refractivity contribution in [1.82, 2.24) is 0 Å². The van der Waals surface area contributed by atoms with Crippen molar-refractivity contribution in [1.29, 1.82) is 0 Å². The molecule has 4 radical (unpaired) electrons. The molecule has 0 N–H and O–H groups in total. The Bertz CT molecular complexity index is 97.1. The van der Waals surface area contributed by atoms with E-state index < -0.39 is 11.9 Å². The third-order valence-corrected chi connectivity index (χ3v) is 0.537. The minimum atomic E-state index is -0.979. The van der Waals surface area contributed by atoms with Gasteiger partial charge < -0.3 is 9.47 Å². The average Bonchev–Trinajstić information content (AvgIpc) is 1.84. The second kappa shape index (κ2) is 5.87. The number of carbonyl (C=O) groups excluding carboxylic acids is 2. The van der Waals surface area contributed by atoms with Crippen LogP contribution in [0.4, 0.5) is 0 Å². The van der Waals surface area contributed by atoms with Crippen LogP contribution in [0.3, 0.4) is 0 Å². The predicted octanol–water partition coefficient (Wildman–Crippen LogP) is -1.05. The standard InChI is InChI=1S/C4H6O4.Sn/c1-7-3(5)4(6)8-2;/h1-2H3;. The molecule has 0 aliphatic rings. The number of rotatable bonds is 0. The Morgan fingerprint density at radius 1 is 1.00 bits per heavy atom. The van der Waals surface area contributed by atoms with Gasteiger partial charge in [0.05, 0.1) is 14.2 Å². The van der Waals surface area contributed by atoms with Crippen molar-refractivity contribution in [2.45, 2.75) is 0 Å². The van der Waals surface area contributed by atoms with Crippen LogP contribution in [0.1, 0.15) is 0 Å². The van der Waals surface area contributed by atoms with E-state index >= 15 is 0 Å². The molecule has 0 aliphatic carbocycles. The molecule has 0 bridgehead atoms. The maximum Gasteiger partial charge on any atom is 0.417 e. The molecule has 50 valence electrons. The van der Waals surface area contributed by atoms with Gasteiger partial charge in [0.1, 0.15) is 0 Å². The van der Waals surface area contributed by atoms with Gasteiger partial charge in [-0.25, -0.2) is 9.59 Å². The molecule has 0 unspecified atom stereocenters. The smallest absolute Gasteiger partial charge is 0.417 e. The van der Waals surface area contributed by atoms with Crippen LogP contribution in [-0.4, -0.2) is 50.1 Å². The summed E-state index contributed by atoms with van der Waals surface area (Å²) >= 11 is 0. The zero-order chi connectivity index (χ0) is 6.57. The third kappa shape index (κ3) is 4.26. The fourth-order valence-corrected chi connectivity index (χ4v) is 0.167. The summed E-state index contributed by atoms with van der Waals surface area (Å²) in [6.45, 7) is 0. The van der Waals surface area contributed by atoms with Crippen LogP contribution in [0.2, 0.25) is 0 Å². The molecule has 5 heteroatoms. The molecule has 0 rings (SSSR count). The molecule has 0 heterocycles. The number of esters is 2. The SMILES string of the molecule is COC(=O)C(=O)OC.[Sn]. The van der Waals surface area contributed by atoms with Crippen molar-refractivity contribution < 1.29 is 19.1 Å². The van der Waals surface area contributed by atoms with Crippen LogP contribution in [-0.2, 0) is 19.1 Å². The van der Waals surface area contributed by atoms with Crippen molar-refractivity contribution in [2.75, 3.05) is 14.2 Å². The molecule has 0 saturated carbocycles. The van der Waals surface area contributed by atoms with Crippen molar-refractivity contribution in [2.24, 2.45) is 0 Å². The summed E-state index contributed by atoms with van der Waals surface area (Å²) in [7, 11) is 2.22. The number of ether oxygens (including phenoxy) is 2. The summed E-state index contributed by atoms with van der Waals surface area (Å²) in [5.74, 6) is -1.96. The minimum absolute atomic E-state index is 0. The Morgan fingerprint density at radius 3 is 1.33 bits per heavy atom. The minimum Gasteiger partial charge on any atom is -0.461 e. The first-order chi connectivity index (χ1) is 3.72. The van der Waals surface area contributed by atoms with Gasteiger partial charge in [-0.1, -0.05) is 0 Å². The van der Waals surface area contributed by atoms with Crippen molar-refractivity contribution >= 4 is 35.8 Å². The number of carbonyl (C=O) groups is 2. The molecule has 0 saturated heterocycles. The number of methoxy groups -OCH3 is 2. The van der Waals surface area contributed by atoms with Crippen LogP contribution < -0.4 is 0 Å². The predicted molar refractivity (Wildman–Crippen MR) is 29.8 cm³/mol. The van der Waals surface area contributed by atoms with Gasteiger partial charge in [-0.3, -0.25) is 0 Å². The maximum absolute atomic E-state index is 10.0. The van der Waals surface area contributed by atoms with Gasteiger partial charge >= 0.3 is 11.9 Å². The van der Waals surface area contributed by atoms with Gasteiger partial charge in [0, 0.05) is 23.9 Å². The summed E-state index contributed by atoms with van der Waals surface area (Å²) in [6, 6.07) is 0. The summed E-state index contributed by atoms with van der Waals surface area (Å²) in [5, 5.41) is 0. The molecule has 0 aromatic heterocycles. The van der Waals surface area contributed by atoms with Crippen LogP contribution >= 0.6 is 0 Å².